The van der Waals surface area contributed by atoms with Gasteiger partial charge in [-0.1, -0.05) is 46.4 Å². The van der Waals surface area contributed by atoms with E-state index >= 15 is 0 Å². The molecule has 0 unspecified atom stereocenters. The quantitative estimate of drug-likeness (QED) is 0.232. The molecule has 0 saturated carbocycles. The van der Waals surface area contributed by atoms with Gasteiger partial charge in [-0.3, -0.25) is 24.1 Å². The highest BCUT2D eigenvalue weighted by atomic mass is 35.5. The summed E-state index contributed by atoms with van der Waals surface area (Å²) in [5, 5.41) is 5.97. The Kier molecular flexibility index (Phi) is 9.92. The van der Waals surface area contributed by atoms with E-state index in [1.807, 2.05) is 0 Å². The molecule has 43 heavy (non-hydrogen) atoms. The summed E-state index contributed by atoms with van der Waals surface area (Å²) in [5.74, 6) is -5.10. The number of imide groups is 1. The fraction of sp³-hybridized carbons (Fsp3) is 0.143. The molecular weight excluding hydrogens is 648 g/mol. The van der Waals surface area contributed by atoms with E-state index in [1.165, 1.54) is 55.5 Å². The first-order valence-corrected chi connectivity index (χ1v) is 13.7. The number of nitrogens with one attached hydrogen (secondary N) is 2. The first kappa shape index (κ1) is 31.8. The zero-order valence-corrected chi connectivity index (χ0v) is 24.9. The maximum absolute atomic E-state index is 13.1. The van der Waals surface area contributed by atoms with E-state index in [1.54, 1.807) is 0 Å². The minimum atomic E-state index is -1.41. The van der Waals surface area contributed by atoms with Gasteiger partial charge in [0, 0.05) is 10.0 Å². The van der Waals surface area contributed by atoms with Crippen LogP contribution in [0.3, 0.4) is 0 Å². The van der Waals surface area contributed by atoms with Crippen LogP contribution >= 0.6 is 46.4 Å². The van der Waals surface area contributed by atoms with Crippen molar-refractivity contribution in [2.75, 3.05) is 23.8 Å². The topological polar surface area (TPSA) is 148 Å². The molecule has 4 amide bonds. The van der Waals surface area contributed by atoms with Crippen LogP contribution in [0.1, 0.15) is 38.0 Å². The molecule has 15 heteroatoms. The second kappa shape index (κ2) is 13.4. The molecule has 2 N–H and O–H groups in total. The first-order chi connectivity index (χ1) is 20.3. The van der Waals surface area contributed by atoms with Crippen molar-refractivity contribution in [2.45, 2.75) is 13.0 Å². The lowest BCUT2D eigenvalue weighted by atomic mass is 10.1. The number of nitrogens with zero attached hydrogens (tertiary/aromatic N) is 1. The Labute approximate surface area is 263 Å². The number of benzene rings is 3. The molecule has 0 aromatic heterocycles. The van der Waals surface area contributed by atoms with E-state index in [9.17, 15) is 28.8 Å². The Hall–Kier alpha value is -4.16. The van der Waals surface area contributed by atoms with Crippen molar-refractivity contribution in [3.05, 3.63) is 91.4 Å². The minimum Gasteiger partial charge on any atom is -0.454 e. The second-order valence-electron chi connectivity index (χ2n) is 8.95. The van der Waals surface area contributed by atoms with Gasteiger partial charge in [0.1, 0.15) is 6.04 Å². The average molecular weight is 667 g/mol. The Balaban J connectivity index is 1.34. The Morgan fingerprint density at radius 2 is 1.23 bits per heavy atom. The number of fused-ring (bicyclic) bond motifs is 1. The molecule has 4 rings (SSSR count). The number of hydrogen-bond acceptors (Lipinski definition) is 8. The standard InChI is InChI=1S/C28H19Cl4N3O8/c1-13(27(40)42-11-23(36)33-21-9-15(29)3-6-19(21)31)35-25(38)17-5-2-14(8-18(17)26(35)39)28(41)43-12-24(37)34-22-10-16(30)4-7-20(22)32/h2-10,13H,11-12H2,1H3,(H,33,36)(H,34,37)/t13-/m0/s1. The largest absolute Gasteiger partial charge is 0.454 e. The third-order valence-corrected chi connectivity index (χ3v) is 7.10. The number of hydrogen-bond donors (Lipinski definition) is 2. The summed E-state index contributed by atoms with van der Waals surface area (Å²) in [6.07, 6.45) is 0. The molecule has 0 bridgehead atoms. The molecule has 11 nitrogen and oxygen atoms in total. The Morgan fingerprint density at radius 1 is 0.721 bits per heavy atom. The van der Waals surface area contributed by atoms with Crippen LogP contribution in [-0.2, 0) is 23.9 Å². The molecule has 0 spiro atoms. The lowest BCUT2D eigenvalue weighted by Gasteiger charge is -2.20. The van der Waals surface area contributed by atoms with Crippen molar-refractivity contribution in [2.24, 2.45) is 0 Å². The van der Waals surface area contributed by atoms with Gasteiger partial charge in [0.05, 0.1) is 38.1 Å². The monoisotopic (exact) mass is 665 g/mol. The van der Waals surface area contributed by atoms with Crippen LogP contribution in [0.4, 0.5) is 11.4 Å². The van der Waals surface area contributed by atoms with E-state index in [-0.39, 0.29) is 38.1 Å². The molecule has 222 valence electrons. The molecule has 1 aliphatic rings. The van der Waals surface area contributed by atoms with E-state index in [4.69, 9.17) is 55.9 Å². The summed E-state index contributed by atoms with van der Waals surface area (Å²) in [6, 6.07) is 11.0. The number of esters is 2. The fourth-order valence-corrected chi connectivity index (χ4v) is 4.55. The first-order valence-electron chi connectivity index (χ1n) is 12.2. The van der Waals surface area contributed by atoms with Crippen LogP contribution in [0.25, 0.3) is 0 Å². The fourth-order valence-electron chi connectivity index (χ4n) is 3.87. The predicted molar refractivity (Wildman–Crippen MR) is 158 cm³/mol. The van der Waals surface area contributed by atoms with Gasteiger partial charge in [0.2, 0.25) is 0 Å². The molecule has 0 aliphatic carbocycles. The molecular formula is C28H19Cl4N3O8. The third-order valence-electron chi connectivity index (χ3n) is 5.97. The van der Waals surface area contributed by atoms with Crippen molar-refractivity contribution in [1.29, 1.82) is 0 Å². The van der Waals surface area contributed by atoms with Crippen LogP contribution in [-0.4, -0.2) is 59.7 Å². The SMILES string of the molecule is C[C@@H](C(=O)OCC(=O)Nc1cc(Cl)ccc1Cl)N1C(=O)c2ccc(C(=O)OCC(=O)Nc3cc(Cl)ccc3Cl)cc2C1=O. The maximum Gasteiger partial charge on any atom is 0.338 e. The lowest BCUT2D eigenvalue weighted by Crippen LogP contribution is -2.44. The molecule has 0 fully saturated rings. The highest BCUT2D eigenvalue weighted by Crippen LogP contribution is 2.28. The maximum atomic E-state index is 13.1. The van der Waals surface area contributed by atoms with Gasteiger partial charge >= 0.3 is 11.9 Å². The number of carbonyl (C=O) groups excluding carboxylic acids is 6. The van der Waals surface area contributed by atoms with Crippen molar-refractivity contribution in [1.82, 2.24) is 4.90 Å². The predicted octanol–water partition coefficient (Wildman–Crippen LogP) is 5.26. The van der Waals surface area contributed by atoms with Crippen LogP contribution < -0.4 is 10.6 Å². The number of rotatable bonds is 9. The highest BCUT2D eigenvalue weighted by Gasteiger charge is 2.42. The molecule has 0 radical (unpaired) electrons. The summed E-state index contributed by atoms with van der Waals surface area (Å²) in [6.45, 7) is -0.171. The van der Waals surface area contributed by atoms with Crippen molar-refractivity contribution in [3.8, 4) is 0 Å². The van der Waals surface area contributed by atoms with Crippen molar-refractivity contribution < 1.29 is 38.2 Å². The minimum absolute atomic E-state index is 0.0668. The number of carbonyl (C=O) groups is 6. The van der Waals surface area contributed by atoms with E-state index < -0.39 is 54.8 Å². The van der Waals surface area contributed by atoms with Gasteiger partial charge in [0.25, 0.3) is 23.6 Å². The smallest absolute Gasteiger partial charge is 0.338 e. The summed E-state index contributed by atoms with van der Waals surface area (Å²) in [4.78, 5) is 76.3. The zero-order valence-electron chi connectivity index (χ0n) is 21.9. The van der Waals surface area contributed by atoms with Crippen LogP contribution in [0.5, 0.6) is 0 Å². The molecule has 3 aromatic rings. The molecule has 1 aliphatic heterocycles. The third kappa shape index (κ3) is 7.44. The van der Waals surface area contributed by atoms with Crippen molar-refractivity contribution >= 4 is 93.3 Å². The second-order valence-corrected chi connectivity index (χ2v) is 10.6. The molecule has 1 heterocycles. The average Bonchev–Trinajstić information content (AvgIpc) is 3.22. The lowest BCUT2D eigenvalue weighted by molar-refractivity contribution is -0.150. The van der Waals surface area contributed by atoms with Crippen LogP contribution in [0.2, 0.25) is 20.1 Å². The van der Waals surface area contributed by atoms with Crippen LogP contribution in [0, 0.1) is 0 Å². The normalized spacial score (nSPS) is 12.8. The molecule has 1 atom stereocenters. The van der Waals surface area contributed by atoms with Gasteiger partial charge in [-0.25, -0.2) is 9.59 Å². The molecule has 0 saturated heterocycles. The van der Waals surface area contributed by atoms with Gasteiger partial charge in [0.15, 0.2) is 13.2 Å². The summed E-state index contributed by atoms with van der Waals surface area (Å²) in [5.41, 5.74) is 0.0622. The summed E-state index contributed by atoms with van der Waals surface area (Å²) < 4.78 is 10.0. The van der Waals surface area contributed by atoms with Gasteiger partial charge in [-0.2, -0.15) is 0 Å². The van der Waals surface area contributed by atoms with Gasteiger partial charge < -0.3 is 20.1 Å². The van der Waals surface area contributed by atoms with Crippen LogP contribution in [0.15, 0.2) is 54.6 Å². The highest BCUT2D eigenvalue weighted by molar-refractivity contribution is 6.36. The Morgan fingerprint density at radius 3 is 1.79 bits per heavy atom. The number of ether oxygens (including phenoxy) is 2. The van der Waals surface area contributed by atoms with E-state index in [2.05, 4.69) is 10.6 Å². The number of anilines is 2. The zero-order chi connectivity index (χ0) is 31.4. The van der Waals surface area contributed by atoms with E-state index in [0.29, 0.717) is 14.9 Å². The van der Waals surface area contributed by atoms with Gasteiger partial charge in [-0.15, -0.1) is 0 Å². The number of amides is 4. The van der Waals surface area contributed by atoms with Gasteiger partial charge in [-0.05, 0) is 61.5 Å². The summed E-state index contributed by atoms with van der Waals surface area (Å²) >= 11 is 23.8. The summed E-state index contributed by atoms with van der Waals surface area (Å²) in [7, 11) is 0. The molecule has 3 aromatic carbocycles. The Bertz CT molecular complexity index is 1680. The van der Waals surface area contributed by atoms with E-state index in [0.717, 1.165) is 6.07 Å². The van der Waals surface area contributed by atoms with Crippen molar-refractivity contribution in [3.63, 3.8) is 0 Å². The number of halogens is 4.